The molecule has 0 atom stereocenters. The Bertz CT molecular complexity index is 870. The molecule has 2 aromatic rings. The predicted molar refractivity (Wildman–Crippen MR) is 96.6 cm³/mol. The zero-order valence-electron chi connectivity index (χ0n) is 14.3. The Morgan fingerprint density at radius 2 is 1.92 bits per heavy atom. The first-order valence-electron chi connectivity index (χ1n) is 8.37. The topological polar surface area (TPSA) is 90.5 Å². The highest BCUT2D eigenvalue weighted by Gasteiger charge is 2.29. The molecule has 0 radical (unpaired) electrons. The summed E-state index contributed by atoms with van der Waals surface area (Å²) in [6.07, 6.45) is 1.94. The SMILES string of the molecule is Cc1c(C(=O)N(CC(=O)O)Cc2ccc(Cl)cc2)[nH]c2c1C(=O)CCC2. The van der Waals surface area contributed by atoms with Crippen molar-refractivity contribution in [3.05, 3.63) is 57.4 Å². The molecular formula is C19H19ClN2O4. The van der Waals surface area contributed by atoms with E-state index in [9.17, 15) is 19.5 Å². The van der Waals surface area contributed by atoms with Gasteiger partial charge in [-0.3, -0.25) is 14.4 Å². The Morgan fingerprint density at radius 1 is 1.23 bits per heavy atom. The minimum absolute atomic E-state index is 0.0292. The summed E-state index contributed by atoms with van der Waals surface area (Å²) in [5.41, 5.74) is 3.01. The van der Waals surface area contributed by atoms with Crippen molar-refractivity contribution in [2.45, 2.75) is 32.7 Å². The standard InChI is InChI=1S/C19H19ClN2O4/c1-11-17-14(3-2-4-15(17)23)21-18(11)19(26)22(10-16(24)25)9-12-5-7-13(20)8-6-12/h5-8,21H,2-4,9-10H2,1H3,(H,24,25). The maximum Gasteiger partial charge on any atom is 0.323 e. The number of halogens is 1. The number of aromatic nitrogens is 1. The predicted octanol–water partition coefficient (Wildman–Crippen LogP) is 3.22. The summed E-state index contributed by atoms with van der Waals surface area (Å²) in [5, 5.41) is 9.76. The highest BCUT2D eigenvalue weighted by molar-refractivity contribution is 6.30. The van der Waals surface area contributed by atoms with Gasteiger partial charge in [0.05, 0.1) is 0 Å². The molecule has 1 aromatic heterocycles. The molecule has 1 aromatic carbocycles. The number of carboxylic acid groups (broad SMARTS) is 1. The number of rotatable bonds is 5. The van der Waals surface area contributed by atoms with Gasteiger partial charge in [0.2, 0.25) is 0 Å². The Balaban J connectivity index is 1.91. The Kier molecular flexibility index (Phi) is 5.13. The molecule has 136 valence electrons. The van der Waals surface area contributed by atoms with Crippen LogP contribution in [0.2, 0.25) is 5.02 Å². The third-order valence-electron chi connectivity index (χ3n) is 4.55. The van der Waals surface area contributed by atoms with Crippen molar-refractivity contribution in [1.82, 2.24) is 9.88 Å². The molecule has 1 aliphatic rings. The number of ketones is 1. The second-order valence-electron chi connectivity index (χ2n) is 6.44. The molecule has 0 bridgehead atoms. The van der Waals surface area contributed by atoms with Gasteiger partial charge in [-0.05, 0) is 43.0 Å². The highest BCUT2D eigenvalue weighted by atomic mass is 35.5. The number of aryl methyl sites for hydroxylation is 1. The zero-order chi connectivity index (χ0) is 18.8. The van der Waals surface area contributed by atoms with Crippen LogP contribution in [0.4, 0.5) is 0 Å². The molecule has 0 saturated carbocycles. The van der Waals surface area contributed by atoms with Gasteiger partial charge < -0.3 is 15.0 Å². The molecule has 2 N–H and O–H groups in total. The number of benzene rings is 1. The largest absolute Gasteiger partial charge is 0.480 e. The van der Waals surface area contributed by atoms with E-state index in [0.717, 1.165) is 17.7 Å². The smallest absolute Gasteiger partial charge is 0.323 e. The van der Waals surface area contributed by atoms with Crippen LogP contribution in [-0.4, -0.2) is 39.2 Å². The number of nitrogens with one attached hydrogen (secondary N) is 1. The molecule has 1 aliphatic carbocycles. The Morgan fingerprint density at radius 3 is 2.54 bits per heavy atom. The Hall–Kier alpha value is -2.60. The van der Waals surface area contributed by atoms with Crippen molar-refractivity contribution in [3.8, 4) is 0 Å². The number of fused-ring (bicyclic) bond motifs is 1. The third-order valence-corrected chi connectivity index (χ3v) is 4.80. The van der Waals surface area contributed by atoms with E-state index in [1.54, 1.807) is 31.2 Å². The summed E-state index contributed by atoms with van der Waals surface area (Å²) in [7, 11) is 0. The fraction of sp³-hybridized carbons (Fsp3) is 0.316. The molecule has 0 spiro atoms. The second kappa shape index (κ2) is 7.33. The van der Waals surface area contributed by atoms with Crippen molar-refractivity contribution < 1.29 is 19.5 Å². The minimum atomic E-state index is -1.10. The number of amides is 1. The van der Waals surface area contributed by atoms with E-state index >= 15 is 0 Å². The highest BCUT2D eigenvalue weighted by Crippen LogP contribution is 2.27. The van der Waals surface area contributed by atoms with E-state index in [1.807, 2.05) is 0 Å². The molecule has 3 rings (SSSR count). The first-order valence-corrected chi connectivity index (χ1v) is 8.74. The van der Waals surface area contributed by atoms with E-state index in [0.29, 0.717) is 34.7 Å². The van der Waals surface area contributed by atoms with Crippen molar-refractivity contribution in [3.63, 3.8) is 0 Å². The number of carboxylic acids is 1. The monoisotopic (exact) mass is 374 g/mol. The summed E-state index contributed by atoms with van der Waals surface area (Å²) in [5.74, 6) is -1.50. The average Bonchev–Trinajstić information content (AvgIpc) is 2.93. The minimum Gasteiger partial charge on any atom is -0.480 e. The molecule has 26 heavy (non-hydrogen) atoms. The first-order chi connectivity index (χ1) is 12.4. The van der Waals surface area contributed by atoms with Gasteiger partial charge in [-0.2, -0.15) is 0 Å². The second-order valence-corrected chi connectivity index (χ2v) is 6.87. The van der Waals surface area contributed by atoms with Crippen LogP contribution in [0.3, 0.4) is 0 Å². The number of nitrogens with zero attached hydrogens (tertiary/aromatic N) is 1. The molecular weight excluding hydrogens is 356 g/mol. The average molecular weight is 375 g/mol. The number of aliphatic carboxylic acids is 1. The van der Waals surface area contributed by atoms with Gasteiger partial charge >= 0.3 is 5.97 Å². The lowest BCUT2D eigenvalue weighted by Crippen LogP contribution is -2.35. The van der Waals surface area contributed by atoms with Crippen LogP contribution >= 0.6 is 11.6 Å². The Labute approximate surface area is 155 Å². The van der Waals surface area contributed by atoms with Gasteiger partial charge in [0, 0.05) is 29.2 Å². The maximum absolute atomic E-state index is 13.0. The quantitative estimate of drug-likeness (QED) is 0.840. The summed E-state index contributed by atoms with van der Waals surface area (Å²) in [4.78, 5) is 40.7. The van der Waals surface area contributed by atoms with Gasteiger partial charge in [-0.15, -0.1) is 0 Å². The van der Waals surface area contributed by atoms with Crippen molar-refractivity contribution in [2.24, 2.45) is 0 Å². The van der Waals surface area contributed by atoms with E-state index in [4.69, 9.17) is 11.6 Å². The summed E-state index contributed by atoms with van der Waals surface area (Å²) < 4.78 is 0. The fourth-order valence-electron chi connectivity index (χ4n) is 3.32. The first kappa shape index (κ1) is 18.2. The summed E-state index contributed by atoms with van der Waals surface area (Å²) in [6.45, 7) is 1.44. The van der Waals surface area contributed by atoms with Crippen LogP contribution in [0.25, 0.3) is 0 Å². The lowest BCUT2D eigenvalue weighted by Gasteiger charge is -2.21. The molecule has 7 heteroatoms. The van der Waals surface area contributed by atoms with Crippen molar-refractivity contribution in [1.29, 1.82) is 0 Å². The van der Waals surface area contributed by atoms with Crippen molar-refractivity contribution >= 4 is 29.3 Å². The number of hydrogen-bond donors (Lipinski definition) is 2. The number of carbonyl (C=O) groups excluding carboxylic acids is 2. The van der Waals surface area contributed by atoms with E-state index in [2.05, 4.69) is 4.98 Å². The normalized spacial score (nSPS) is 13.4. The lowest BCUT2D eigenvalue weighted by molar-refractivity contribution is -0.137. The number of Topliss-reactive ketones (excluding diaryl/α,β-unsaturated/α-hetero) is 1. The lowest BCUT2D eigenvalue weighted by atomic mass is 9.93. The van der Waals surface area contributed by atoms with Crippen LogP contribution in [-0.2, 0) is 17.8 Å². The van der Waals surface area contributed by atoms with Gasteiger partial charge in [0.25, 0.3) is 5.91 Å². The van der Waals surface area contributed by atoms with Gasteiger partial charge in [-0.25, -0.2) is 0 Å². The van der Waals surface area contributed by atoms with Crippen LogP contribution < -0.4 is 0 Å². The fourth-order valence-corrected chi connectivity index (χ4v) is 3.45. The van der Waals surface area contributed by atoms with E-state index in [-0.39, 0.29) is 12.3 Å². The van der Waals surface area contributed by atoms with Gasteiger partial charge in [0.1, 0.15) is 12.2 Å². The zero-order valence-corrected chi connectivity index (χ0v) is 15.1. The summed E-state index contributed by atoms with van der Waals surface area (Å²) in [6, 6.07) is 6.89. The molecule has 6 nitrogen and oxygen atoms in total. The molecule has 1 amide bonds. The molecule has 1 heterocycles. The van der Waals surface area contributed by atoms with Crippen LogP contribution in [0.15, 0.2) is 24.3 Å². The molecule has 0 unspecified atom stereocenters. The summed E-state index contributed by atoms with van der Waals surface area (Å²) >= 11 is 5.87. The van der Waals surface area contributed by atoms with Crippen molar-refractivity contribution in [2.75, 3.05) is 6.54 Å². The third kappa shape index (κ3) is 3.65. The number of hydrogen-bond acceptors (Lipinski definition) is 3. The van der Waals surface area contributed by atoms with Crippen LogP contribution in [0.5, 0.6) is 0 Å². The van der Waals surface area contributed by atoms with Crippen LogP contribution in [0, 0.1) is 6.92 Å². The molecule has 0 aliphatic heterocycles. The van der Waals surface area contributed by atoms with E-state index < -0.39 is 18.4 Å². The van der Waals surface area contributed by atoms with Gasteiger partial charge in [-0.1, -0.05) is 23.7 Å². The molecule has 0 fully saturated rings. The number of aromatic amines is 1. The van der Waals surface area contributed by atoms with Crippen LogP contribution in [0.1, 0.15) is 50.5 Å². The van der Waals surface area contributed by atoms with Gasteiger partial charge in [0.15, 0.2) is 5.78 Å². The molecule has 0 saturated heterocycles. The number of H-pyrrole nitrogens is 1. The maximum atomic E-state index is 13.0. The number of carbonyl (C=O) groups is 3. The van der Waals surface area contributed by atoms with E-state index in [1.165, 1.54) is 4.90 Å².